The lowest BCUT2D eigenvalue weighted by Crippen LogP contribution is -2.86. The van der Waals surface area contributed by atoms with Crippen LogP contribution in [-0.4, -0.2) is 76.3 Å². The minimum Gasteiger partial charge on any atom is -0.409 e. The molecule has 3 rings (SSSR count). The van der Waals surface area contributed by atoms with Crippen molar-refractivity contribution in [3.05, 3.63) is 35.9 Å². The number of benzene rings is 1. The number of carbonyl (C=O) groups excluding carboxylic acids is 2. The Hall–Kier alpha value is -1.70. The van der Waals surface area contributed by atoms with E-state index in [1.807, 2.05) is 82.7 Å². The third-order valence-corrected chi connectivity index (χ3v) is 14.2. The van der Waals surface area contributed by atoms with E-state index >= 15 is 0 Å². The van der Waals surface area contributed by atoms with Crippen LogP contribution in [0, 0.1) is 11.3 Å². The van der Waals surface area contributed by atoms with Crippen molar-refractivity contribution in [3.8, 4) is 6.07 Å². The first kappa shape index (κ1) is 32.8. The van der Waals surface area contributed by atoms with Crippen molar-refractivity contribution in [2.24, 2.45) is 0 Å². The van der Waals surface area contributed by atoms with Gasteiger partial charge in [0.2, 0.25) is 11.5 Å². The summed E-state index contributed by atoms with van der Waals surface area (Å²) in [5, 5.41) is 23.3. The van der Waals surface area contributed by atoms with Gasteiger partial charge in [-0.15, -0.1) is 0 Å². The first-order valence-electron chi connectivity index (χ1n) is 13.8. The van der Waals surface area contributed by atoms with E-state index in [0.717, 1.165) is 10.6 Å². The molecule has 1 aromatic carbocycles. The Kier molecular flexibility index (Phi) is 8.90. The van der Waals surface area contributed by atoms with E-state index in [-0.39, 0.29) is 18.1 Å². The number of hydrogen-bond donors (Lipinski definition) is 1. The molecule has 40 heavy (non-hydrogen) atoms. The summed E-state index contributed by atoms with van der Waals surface area (Å²) in [6.45, 7) is 22.0. The zero-order valence-electron chi connectivity index (χ0n) is 25.8. The van der Waals surface area contributed by atoms with Crippen LogP contribution in [0.3, 0.4) is 0 Å². The first-order valence-corrected chi connectivity index (χ1v) is 23.5. The number of Topliss-reactive ketones (excluding diaryl/α,β-unsaturated/α-hetero) is 1. The minimum absolute atomic E-state index is 0.0416. The molecule has 12 heteroatoms. The molecule has 0 aromatic heterocycles. The number of aliphatic hydroxyl groups excluding tert-OH is 1. The van der Waals surface area contributed by atoms with E-state index < -0.39 is 66.1 Å². The number of β-lactam (4-membered cyclic amide) rings is 1. The van der Waals surface area contributed by atoms with Gasteiger partial charge in [-0.2, -0.15) is 5.26 Å². The minimum atomic E-state index is -2.65. The van der Waals surface area contributed by atoms with Gasteiger partial charge in [0.15, 0.2) is 42.4 Å². The monoisotopic (exact) mass is 606 g/mol. The summed E-state index contributed by atoms with van der Waals surface area (Å²) in [6.07, 6.45) is -4.34. The highest BCUT2D eigenvalue weighted by Gasteiger charge is 2.76. The van der Waals surface area contributed by atoms with Crippen molar-refractivity contribution < 1.29 is 32.8 Å². The summed E-state index contributed by atoms with van der Waals surface area (Å²) in [5.41, 5.74) is -2.87. The van der Waals surface area contributed by atoms with Crippen molar-refractivity contribution >= 4 is 36.6 Å². The van der Waals surface area contributed by atoms with Gasteiger partial charge in [-0.1, -0.05) is 51.1 Å². The number of aliphatic hydroxyl groups is 1. The highest BCUT2D eigenvalue weighted by molar-refractivity contribution is 6.74. The zero-order valence-corrected chi connectivity index (χ0v) is 28.8. The summed E-state index contributed by atoms with van der Waals surface area (Å²) < 4.78 is 20.2. The van der Waals surface area contributed by atoms with Gasteiger partial charge in [0.25, 0.3) is 0 Å². The van der Waals surface area contributed by atoms with Crippen LogP contribution in [0.4, 0.5) is 0 Å². The third-order valence-electron chi connectivity index (χ3n) is 7.82. The summed E-state index contributed by atoms with van der Waals surface area (Å²) in [7, 11) is -7.64. The zero-order chi connectivity index (χ0) is 30.5. The maximum absolute atomic E-state index is 14.3. The molecular weight excluding hydrogens is 561 g/mol. The van der Waals surface area contributed by atoms with Crippen molar-refractivity contribution in [2.75, 3.05) is 0 Å². The fraction of sp³-hybridized carbons (Fsp3) is 0.679. The average Bonchev–Trinajstić information content (AvgIpc) is 2.80. The fourth-order valence-corrected chi connectivity index (χ4v) is 8.62. The Balaban J connectivity index is 2.24. The average molecular weight is 607 g/mol. The number of nitriles is 1. The molecule has 1 spiro atoms. The molecule has 9 nitrogen and oxygen atoms in total. The summed E-state index contributed by atoms with van der Waals surface area (Å²) >= 11 is 0. The summed E-state index contributed by atoms with van der Waals surface area (Å²) in [4.78, 5) is 33.4. The van der Waals surface area contributed by atoms with Crippen LogP contribution in [0.25, 0.3) is 0 Å². The number of rotatable bonds is 9. The van der Waals surface area contributed by atoms with Gasteiger partial charge < -0.3 is 18.4 Å². The lowest BCUT2D eigenvalue weighted by Gasteiger charge is -2.62. The second kappa shape index (κ2) is 10.9. The summed E-state index contributed by atoms with van der Waals surface area (Å²) in [6, 6.07) is 11.5. The van der Waals surface area contributed by atoms with E-state index in [0.29, 0.717) is 0 Å². The van der Waals surface area contributed by atoms with Gasteiger partial charge in [0.1, 0.15) is 24.9 Å². The number of hydrogen-bond acceptors (Lipinski definition) is 8. The molecule has 1 unspecified atom stereocenters. The SMILES string of the molecule is CC(C)(C)[Si](C)(C)O[C@H]1[C@@H](O[Si](C)(C)C)[C@@]2(CC(=O)N2OCc2ccccc2)C(=O)C(O)[C@@]1(C#N)O[Si](C)(C)C. The second-order valence-electron chi connectivity index (χ2n) is 14.4. The fourth-order valence-electron chi connectivity index (χ4n) is 4.96. The molecule has 1 amide bonds. The Labute approximate surface area is 242 Å². The lowest BCUT2D eigenvalue weighted by molar-refractivity contribution is -0.296. The van der Waals surface area contributed by atoms with Crippen molar-refractivity contribution in [2.45, 2.75) is 121 Å². The number of hydroxylamine groups is 2. The smallest absolute Gasteiger partial charge is 0.250 e. The number of carbonyl (C=O) groups is 2. The van der Waals surface area contributed by atoms with Gasteiger partial charge in [-0.25, -0.2) is 5.06 Å². The molecule has 1 heterocycles. The van der Waals surface area contributed by atoms with E-state index in [1.54, 1.807) is 0 Å². The van der Waals surface area contributed by atoms with Crippen molar-refractivity contribution in [3.63, 3.8) is 0 Å². The third kappa shape index (κ3) is 6.07. The maximum Gasteiger partial charge on any atom is 0.250 e. The van der Waals surface area contributed by atoms with Crippen molar-refractivity contribution in [1.82, 2.24) is 5.06 Å². The van der Waals surface area contributed by atoms with Crippen LogP contribution in [-0.2, 0) is 34.3 Å². The topological polar surface area (TPSA) is 118 Å². The van der Waals surface area contributed by atoms with Crippen LogP contribution in [0.5, 0.6) is 0 Å². The van der Waals surface area contributed by atoms with Gasteiger partial charge in [-0.05, 0) is 63.0 Å². The van der Waals surface area contributed by atoms with E-state index in [1.165, 1.54) is 0 Å². The van der Waals surface area contributed by atoms with Crippen LogP contribution >= 0.6 is 0 Å². The second-order valence-corrected chi connectivity index (χ2v) is 28.0. The summed E-state index contributed by atoms with van der Waals surface area (Å²) in [5.74, 6) is -1.12. The maximum atomic E-state index is 14.3. The molecule has 1 aliphatic carbocycles. The van der Waals surface area contributed by atoms with Gasteiger partial charge in [0, 0.05) is 0 Å². The first-order chi connectivity index (χ1) is 18.1. The molecule has 1 N–H and O–H groups in total. The van der Waals surface area contributed by atoms with Crippen LogP contribution in [0.1, 0.15) is 32.8 Å². The molecule has 1 saturated carbocycles. The quantitative estimate of drug-likeness (QED) is 0.316. The van der Waals surface area contributed by atoms with Gasteiger partial charge >= 0.3 is 0 Å². The highest BCUT2D eigenvalue weighted by atomic mass is 28.4. The molecular formula is C28H46N2O7Si3. The largest absolute Gasteiger partial charge is 0.409 e. The normalized spacial score (nSPS) is 29.9. The van der Waals surface area contributed by atoms with Gasteiger partial charge in [0.05, 0.1) is 6.42 Å². The number of nitrogens with zero attached hydrogens (tertiary/aromatic N) is 2. The Morgan fingerprint density at radius 3 is 2.00 bits per heavy atom. The molecule has 1 aromatic rings. The predicted octanol–water partition coefficient (Wildman–Crippen LogP) is 4.76. The molecule has 0 radical (unpaired) electrons. The van der Waals surface area contributed by atoms with Crippen LogP contribution < -0.4 is 0 Å². The molecule has 2 fully saturated rings. The van der Waals surface area contributed by atoms with E-state index in [4.69, 9.17) is 18.1 Å². The standard InChI is InChI=1S/C28H46N2O7Si3/c1-26(2,3)40(10,11)36-25-24(35-38(4,5)6)27(22(32)23(33)28(25,19-29)37-39(7,8)9)17-21(31)30(27)34-18-20-15-13-12-14-16-20/h12-16,23-25,33H,17-18H2,1-11H3/t23?,24-,25+,27-,28-/m1/s1. The Bertz CT molecular complexity index is 1150. The Morgan fingerprint density at radius 2 is 1.55 bits per heavy atom. The molecule has 2 aliphatic rings. The molecule has 1 saturated heterocycles. The predicted molar refractivity (Wildman–Crippen MR) is 160 cm³/mol. The van der Waals surface area contributed by atoms with Gasteiger partial charge in [-0.3, -0.25) is 14.4 Å². The van der Waals surface area contributed by atoms with E-state index in [2.05, 4.69) is 26.8 Å². The molecule has 1 aliphatic heterocycles. The van der Waals surface area contributed by atoms with Crippen molar-refractivity contribution in [1.29, 1.82) is 5.26 Å². The number of amides is 1. The number of ketones is 1. The molecule has 222 valence electrons. The molecule has 5 atom stereocenters. The van der Waals surface area contributed by atoms with Crippen LogP contribution in [0.15, 0.2) is 30.3 Å². The Morgan fingerprint density at radius 1 is 0.975 bits per heavy atom. The molecule has 0 bridgehead atoms. The van der Waals surface area contributed by atoms with E-state index in [9.17, 15) is 20.0 Å². The van der Waals surface area contributed by atoms with Crippen LogP contribution in [0.2, 0.25) is 57.4 Å². The lowest BCUT2D eigenvalue weighted by atomic mass is 9.63. The highest BCUT2D eigenvalue weighted by Crippen LogP contribution is 2.52.